The lowest BCUT2D eigenvalue weighted by molar-refractivity contribution is 0.188. The number of likely N-dealkylation sites (N-methyl/N-ethyl adjacent to an activating group) is 1. The van der Waals surface area contributed by atoms with E-state index in [4.69, 9.17) is 4.74 Å². The molecule has 1 heterocycles. The van der Waals surface area contributed by atoms with Gasteiger partial charge in [-0.1, -0.05) is 13.8 Å². The second-order valence-electron chi connectivity index (χ2n) is 4.63. The van der Waals surface area contributed by atoms with E-state index in [-0.39, 0.29) is 0 Å². The molecule has 1 rings (SSSR count). The maximum Gasteiger partial charge on any atom is 0.110 e. The van der Waals surface area contributed by atoms with Crippen LogP contribution in [-0.4, -0.2) is 35.9 Å². The van der Waals surface area contributed by atoms with E-state index in [1.165, 1.54) is 5.82 Å². The Morgan fingerprint density at radius 2 is 2.28 bits per heavy atom. The molecule has 1 atom stereocenters. The van der Waals surface area contributed by atoms with E-state index in [1.807, 2.05) is 6.20 Å². The molecule has 0 spiro atoms. The van der Waals surface area contributed by atoms with Crippen molar-refractivity contribution in [2.24, 2.45) is 0 Å². The van der Waals surface area contributed by atoms with Crippen LogP contribution in [0.4, 0.5) is 0 Å². The van der Waals surface area contributed by atoms with Crippen molar-refractivity contribution in [2.45, 2.75) is 52.1 Å². The maximum absolute atomic E-state index is 5.12. The molecule has 104 valence electrons. The molecule has 1 N–H and O–H groups in total. The molecule has 0 aromatic carbocycles. The van der Waals surface area contributed by atoms with Gasteiger partial charge in [-0.3, -0.25) is 0 Å². The number of ether oxygens (including phenoxy) is 1. The summed E-state index contributed by atoms with van der Waals surface area (Å²) >= 11 is 0. The summed E-state index contributed by atoms with van der Waals surface area (Å²) in [7, 11) is 1.76. The maximum atomic E-state index is 5.12. The van der Waals surface area contributed by atoms with Crippen molar-refractivity contribution in [3.05, 3.63) is 18.2 Å². The van der Waals surface area contributed by atoms with Gasteiger partial charge in [0.15, 0.2) is 0 Å². The van der Waals surface area contributed by atoms with E-state index in [1.54, 1.807) is 7.11 Å². The first-order chi connectivity index (χ1) is 8.81. The Kier molecular flexibility index (Phi) is 7.69. The van der Waals surface area contributed by atoms with Crippen molar-refractivity contribution in [1.82, 2.24) is 14.9 Å². The highest BCUT2D eigenvalue weighted by Gasteiger charge is 2.11. The minimum atomic E-state index is 0.503. The lowest BCUT2D eigenvalue weighted by Gasteiger charge is -2.18. The molecule has 0 saturated carbocycles. The van der Waals surface area contributed by atoms with E-state index in [0.717, 1.165) is 45.4 Å². The third-order valence-corrected chi connectivity index (χ3v) is 3.09. The molecule has 1 unspecified atom stereocenters. The zero-order valence-corrected chi connectivity index (χ0v) is 12.0. The fourth-order valence-corrected chi connectivity index (χ4v) is 2.23. The van der Waals surface area contributed by atoms with Gasteiger partial charge in [-0.2, -0.15) is 0 Å². The molecule has 0 aliphatic rings. The first-order valence-electron chi connectivity index (χ1n) is 7.04. The largest absolute Gasteiger partial charge is 0.385 e. The van der Waals surface area contributed by atoms with Gasteiger partial charge in [0.05, 0.1) is 0 Å². The van der Waals surface area contributed by atoms with Crippen molar-refractivity contribution in [1.29, 1.82) is 0 Å². The van der Waals surface area contributed by atoms with Gasteiger partial charge in [0.25, 0.3) is 0 Å². The van der Waals surface area contributed by atoms with Crippen LogP contribution in [0.2, 0.25) is 0 Å². The lowest BCUT2D eigenvalue weighted by Crippen LogP contribution is -2.32. The average Bonchev–Trinajstić information content (AvgIpc) is 2.78. The molecule has 0 saturated heterocycles. The Morgan fingerprint density at radius 1 is 1.44 bits per heavy atom. The van der Waals surface area contributed by atoms with Gasteiger partial charge in [0.1, 0.15) is 5.82 Å². The van der Waals surface area contributed by atoms with E-state index in [0.29, 0.717) is 6.04 Å². The number of imidazole rings is 1. The molecule has 0 amide bonds. The van der Waals surface area contributed by atoms with Crippen LogP contribution in [0.5, 0.6) is 0 Å². The van der Waals surface area contributed by atoms with Gasteiger partial charge >= 0.3 is 0 Å². The molecule has 1 aromatic rings. The minimum Gasteiger partial charge on any atom is -0.385 e. The van der Waals surface area contributed by atoms with Gasteiger partial charge < -0.3 is 14.6 Å². The summed E-state index contributed by atoms with van der Waals surface area (Å²) in [5.74, 6) is 1.19. The molecule has 0 fully saturated rings. The SMILES string of the molecule is CCCn1ccnc1CC(CCCOC)NCC. The summed E-state index contributed by atoms with van der Waals surface area (Å²) < 4.78 is 7.38. The molecule has 1 aromatic heterocycles. The summed E-state index contributed by atoms with van der Waals surface area (Å²) in [6, 6.07) is 0.503. The number of nitrogens with zero attached hydrogens (tertiary/aromatic N) is 2. The van der Waals surface area contributed by atoms with Gasteiger partial charge in [-0.05, 0) is 25.8 Å². The Morgan fingerprint density at radius 3 is 2.94 bits per heavy atom. The number of nitrogens with one attached hydrogen (secondary N) is 1. The summed E-state index contributed by atoms with van der Waals surface area (Å²) in [6.07, 6.45) is 8.38. The molecule has 4 nitrogen and oxygen atoms in total. The van der Waals surface area contributed by atoms with Crippen LogP contribution in [0.15, 0.2) is 12.4 Å². The molecule has 0 aliphatic carbocycles. The molecule has 0 bridgehead atoms. The fraction of sp³-hybridized carbons (Fsp3) is 0.786. The van der Waals surface area contributed by atoms with Crippen LogP contribution >= 0.6 is 0 Å². The van der Waals surface area contributed by atoms with E-state index < -0.39 is 0 Å². The lowest BCUT2D eigenvalue weighted by atomic mass is 10.1. The smallest absolute Gasteiger partial charge is 0.110 e. The molecule has 0 radical (unpaired) electrons. The van der Waals surface area contributed by atoms with E-state index in [2.05, 4.69) is 34.9 Å². The van der Waals surface area contributed by atoms with Crippen molar-refractivity contribution in [3.63, 3.8) is 0 Å². The second kappa shape index (κ2) is 9.11. The third-order valence-electron chi connectivity index (χ3n) is 3.09. The number of hydrogen-bond donors (Lipinski definition) is 1. The number of aromatic nitrogens is 2. The Hall–Kier alpha value is -0.870. The Balaban J connectivity index is 2.50. The van der Waals surface area contributed by atoms with Crippen molar-refractivity contribution < 1.29 is 4.74 Å². The molecule has 0 aliphatic heterocycles. The summed E-state index contributed by atoms with van der Waals surface area (Å²) in [5, 5.41) is 3.54. The predicted molar refractivity (Wildman–Crippen MR) is 74.8 cm³/mol. The van der Waals surface area contributed by atoms with Crippen molar-refractivity contribution >= 4 is 0 Å². The van der Waals surface area contributed by atoms with Crippen LogP contribution in [0, 0.1) is 0 Å². The van der Waals surface area contributed by atoms with Crippen molar-refractivity contribution in [3.8, 4) is 0 Å². The predicted octanol–water partition coefficient (Wildman–Crippen LogP) is 2.24. The van der Waals surface area contributed by atoms with Crippen LogP contribution in [0.1, 0.15) is 38.9 Å². The first-order valence-corrected chi connectivity index (χ1v) is 7.04. The van der Waals surface area contributed by atoms with Gasteiger partial charge in [-0.25, -0.2) is 4.98 Å². The van der Waals surface area contributed by atoms with Crippen LogP contribution in [0.3, 0.4) is 0 Å². The number of methoxy groups -OCH3 is 1. The van der Waals surface area contributed by atoms with Gasteiger partial charge in [0.2, 0.25) is 0 Å². The van der Waals surface area contributed by atoms with Gasteiger partial charge in [-0.15, -0.1) is 0 Å². The summed E-state index contributed by atoms with van der Waals surface area (Å²) in [4.78, 5) is 4.48. The number of rotatable bonds is 10. The number of hydrogen-bond acceptors (Lipinski definition) is 3. The molecule has 4 heteroatoms. The molecule has 18 heavy (non-hydrogen) atoms. The summed E-state index contributed by atoms with van der Waals surface area (Å²) in [5.41, 5.74) is 0. The highest BCUT2D eigenvalue weighted by atomic mass is 16.5. The summed E-state index contributed by atoms with van der Waals surface area (Å²) in [6.45, 7) is 7.26. The quantitative estimate of drug-likeness (QED) is 0.650. The standard InChI is InChI=1S/C14H27N3O/c1-4-9-17-10-8-16-14(17)12-13(15-5-2)7-6-11-18-3/h8,10,13,15H,4-7,9,11-12H2,1-3H3. The highest BCUT2D eigenvalue weighted by molar-refractivity contribution is 4.95. The third kappa shape index (κ3) is 5.19. The van der Waals surface area contributed by atoms with Crippen LogP contribution in [0.25, 0.3) is 0 Å². The Labute approximate surface area is 111 Å². The monoisotopic (exact) mass is 253 g/mol. The second-order valence-corrected chi connectivity index (χ2v) is 4.63. The molecular formula is C14H27N3O. The molecular weight excluding hydrogens is 226 g/mol. The average molecular weight is 253 g/mol. The van der Waals surface area contributed by atoms with Crippen LogP contribution in [-0.2, 0) is 17.7 Å². The van der Waals surface area contributed by atoms with Crippen molar-refractivity contribution in [2.75, 3.05) is 20.3 Å². The van der Waals surface area contributed by atoms with E-state index >= 15 is 0 Å². The highest BCUT2D eigenvalue weighted by Crippen LogP contribution is 2.07. The topological polar surface area (TPSA) is 39.1 Å². The normalized spacial score (nSPS) is 12.8. The number of aryl methyl sites for hydroxylation is 1. The fourth-order valence-electron chi connectivity index (χ4n) is 2.23. The zero-order chi connectivity index (χ0) is 13.2. The Bertz CT molecular complexity index is 312. The minimum absolute atomic E-state index is 0.503. The van der Waals surface area contributed by atoms with E-state index in [9.17, 15) is 0 Å². The first kappa shape index (κ1) is 15.2. The zero-order valence-electron chi connectivity index (χ0n) is 12.0. The van der Waals surface area contributed by atoms with Crippen LogP contribution < -0.4 is 5.32 Å². The van der Waals surface area contributed by atoms with Gasteiger partial charge in [0, 0.05) is 45.1 Å².